The van der Waals surface area contributed by atoms with E-state index >= 15 is 0 Å². The van der Waals surface area contributed by atoms with Gasteiger partial charge in [-0.15, -0.1) is 11.3 Å². The minimum Gasteiger partial charge on any atom is -0.493 e. The summed E-state index contributed by atoms with van der Waals surface area (Å²) in [6.07, 6.45) is 1.79. The maximum Gasteiger partial charge on any atom is 0.149 e. The van der Waals surface area contributed by atoms with E-state index in [0.717, 1.165) is 10.1 Å². The van der Waals surface area contributed by atoms with Gasteiger partial charge in [-0.25, -0.2) is 9.37 Å². The SMILES string of the molecule is Fc1ccc(OCCSc2nccs2)cc1. The molecular formula is C11H10FNOS2. The molecule has 0 saturated heterocycles. The molecule has 0 bridgehead atoms. The number of thioether (sulfide) groups is 1. The zero-order chi connectivity index (χ0) is 11.2. The van der Waals surface area contributed by atoms with Crippen LogP contribution in [0.2, 0.25) is 0 Å². The summed E-state index contributed by atoms with van der Waals surface area (Å²) in [6, 6.07) is 6.04. The van der Waals surface area contributed by atoms with Gasteiger partial charge in [0.2, 0.25) is 0 Å². The molecule has 16 heavy (non-hydrogen) atoms. The number of benzene rings is 1. The van der Waals surface area contributed by atoms with Crippen molar-refractivity contribution < 1.29 is 9.13 Å². The average Bonchev–Trinajstić information content (AvgIpc) is 2.80. The number of thiazole rings is 1. The molecule has 0 amide bonds. The minimum absolute atomic E-state index is 0.246. The van der Waals surface area contributed by atoms with E-state index in [2.05, 4.69) is 4.98 Å². The van der Waals surface area contributed by atoms with Crippen molar-refractivity contribution in [1.29, 1.82) is 0 Å². The summed E-state index contributed by atoms with van der Waals surface area (Å²) in [5.41, 5.74) is 0. The molecule has 0 atom stereocenters. The van der Waals surface area contributed by atoms with E-state index in [9.17, 15) is 4.39 Å². The minimum atomic E-state index is -0.246. The monoisotopic (exact) mass is 255 g/mol. The fraction of sp³-hybridized carbons (Fsp3) is 0.182. The number of aromatic nitrogens is 1. The number of halogens is 1. The van der Waals surface area contributed by atoms with Gasteiger partial charge in [0.1, 0.15) is 15.9 Å². The molecule has 0 radical (unpaired) electrons. The highest BCUT2D eigenvalue weighted by Crippen LogP contribution is 2.20. The van der Waals surface area contributed by atoms with Gasteiger partial charge in [-0.2, -0.15) is 0 Å². The first kappa shape index (κ1) is 11.4. The van der Waals surface area contributed by atoms with Crippen LogP contribution in [0.3, 0.4) is 0 Å². The van der Waals surface area contributed by atoms with E-state index in [1.54, 1.807) is 41.4 Å². The van der Waals surface area contributed by atoms with Crippen molar-refractivity contribution in [3.8, 4) is 5.75 Å². The van der Waals surface area contributed by atoms with E-state index in [1.165, 1.54) is 12.1 Å². The fourth-order valence-corrected chi connectivity index (χ4v) is 2.63. The Bertz CT molecular complexity index is 416. The molecule has 1 aromatic heterocycles. The molecule has 0 fully saturated rings. The Kier molecular flexibility index (Phi) is 4.18. The van der Waals surface area contributed by atoms with Crippen molar-refractivity contribution in [3.05, 3.63) is 41.7 Å². The van der Waals surface area contributed by atoms with Crippen LogP contribution in [0.5, 0.6) is 5.75 Å². The van der Waals surface area contributed by atoms with Crippen LogP contribution in [0, 0.1) is 5.82 Å². The van der Waals surface area contributed by atoms with Crippen molar-refractivity contribution in [2.75, 3.05) is 12.4 Å². The first-order valence-electron chi connectivity index (χ1n) is 4.75. The van der Waals surface area contributed by atoms with Crippen LogP contribution in [0.1, 0.15) is 0 Å². The number of hydrogen-bond donors (Lipinski definition) is 0. The van der Waals surface area contributed by atoms with Crippen molar-refractivity contribution in [1.82, 2.24) is 4.98 Å². The summed E-state index contributed by atoms with van der Waals surface area (Å²) in [5, 5.41) is 1.95. The molecule has 0 saturated carbocycles. The van der Waals surface area contributed by atoms with E-state index in [1.807, 2.05) is 5.38 Å². The lowest BCUT2D eigenvalue weighted by Crippen LogP contribution is -1.99. The van der Waals surface area contributed by atoms with Crippen LogP contribution in [-0.4, -0.2) is 17.3 Å². The molecule has 2 rings (SSSR count). The van der Waals surface area contributed by atoms with E-state index in [0.29, 0.717) is 12.4 Å². The van der Waals surface area contributed by atoms with E-state index in [4.69, 9.17) is 4.74 Å². The molecule has 0 aliphatic rings. The Labute approximate surface area is 101 Å². The molecule has 0 unspecified atom stereocenters. The highest BCUT2D eigenvalue weighted by molar-refractivity contribution is 8.01. The highest BCUT2D eigenvalue weighted by atomic mass is 32.2. The quantitative estimate of drug-likeness (QED) is 0.603. The van der Waals surface area contributed by atoms with Crippen LogP contribution in [0.15, 0.2) is 40.2 Å². The van der Waals surface area contributed by atoms with Gasteiger partial charge in [-0.1, -0.05) is 11.8 Å². The molecule has 0 spiro atoms. The average molecular weight is 255 g/mol. The van der Waals surface area contributed by atoms with Gasteiger partial charge in [-0.05, 0) is 24.3 Å². The fourth-order valence-electron chi connectivity index (χ4n) is 1.10. The van der Waals surface area contributed by atoms with Crippen LogP contribution < -0.4 is 4.74 Å². The van der Waals surface area contributed by atoms with Crippen molar-refractivity contribution >= 4 is 23.1 Å². The van der Waals surface area contributed by atoms with Gasteiger partial charge in [0, 0.05) is 17.3 Å². The standard InChI is InChI=1S/C11H10FNOS2/c12-9-1-3-10(4-2-9)14-6-8-16-11-13-5-7-15-11/h1-5,7H,6,8H2. The van der Waals surface area contributed by atoms with Gasteiger partial charge in [0.05, 0.1) is 6.61 Å². The summed E-state index contributed by atoms with van der Waals surface area (Å²) in [4.78, 5) is 4.15. The van der Waals surface area contributed by atoms with Gasteiger partial charge < -0.3 is 4.74 Å². The first-order valence-corrected chi connectivity index (χ1v) is 6.62. The summed E-state index contributed by atoms with van der Waals surface area (Å²) in [7, 11) is 0. The van der Waals surface area contributed by atoms with E-state index in [-0.39, 0.29) is 5.82 Å². The third-order valence-corrected chi connectivity index (χ3v) is 3.73. The predicted octanol–water partition coefficient (Wildman–Crippen LogP) is 3.45. The lowest BCUT2D eigenvalue weighted by Gasteiger charge is -2.04. The molecule has 0 N–H and O–H groups in total. The Morgan fingerprint density at radius 3 is 2.81 bits per heavy atom. The van der Waals surface area contributed by atoms with E-state index < -0.39 is 0 Å². The van der Waals surface area contributed by atoms with Crippen LogP contribution >= 0.6 is 23.1 Å². The van der Waals surface area contributed by atoms with Crippen LogP contribution in [-0.2, 0) is 0 Å². The smallest absolute Gasteiger partial charge is 0.149 e. The van der Waals surface area contributed by atoms with Gasteiger partial charge in [0.15, 0.2) is 0 Å². The summed E-state index contributed by atoms with van der Waals surface area (Å²) >= 11 is 3.28. The number of nitrogens with zero attached hydrogens (tertiary/aromatic N) is 1. The van der Waals surface area contributed by atoms with Gasteiger partial charge >= 0.3 is 0 Å². The summed E-state index contributed by atoms with van der Waals surface area (Å²) in [5.74, 6) is 1.29. The topological polar surface area (TPSA) is 22.1 Å². The van der Waals surface area contributed by atoms with Gasteiger partial charge in [0.25, 0.3) is 0 Å². The molecule has 1 heterocycles. The lowest BCUT2D eigenvalue weighted by molar-refractivity contribution is 0.343. The van der Waals surface area contributed by atoms with Crippen LogP contribution in [0.4, 0.5) is 4.39 Å². The molecule has 1 aromatic carbocycles. The Hall–Kier alpha value is -1.07. The third-order valence-electron chi connectivity index (χ3n) is 1.80. The van der Waals surface area contributed by atoms with Crippen LogP contribution in [0.25, 0.3) is 0 Å². The Balaban J connectivity index is 1.70. The van der Waals surface area contributed by atoms with Crippen molar-refractivity contribution in [2.45, 2.75) is 4.34 Å². The second-order valence-corrected chi connectivity index (χ2v) is 5.19. The summed E-state index contributed by atoms with van der Waals surface area (Å²) in [6.45, 7) is 0.593. The Morgan fingerprint density at radius 2 is 2.12 bits per heavy atom. The third kappa shape index (κ3) is 3.50. The number of rotatable bonds is 5. The predicted molar refractivity (Wildman–Crippen MR) is 64.7 cm³/mol. The lowest BCUT2D eigenvalue weighted by atomic mass is 10.3. The first-order chi connectivity index (χ1) is 7.84. The zero-order valence-corrected chi connectivity index (χ0v) is 10.1. The largest absolute Gasteiger partial charge is 0.493 e. The van der Waals surface area contributed by atoms with Crippen molar-refractivity contribution in [3.63, 3.8) is 0 Å². The molecular weight excluding hydrogens is 245 g/mol. The normalized spacial score (nSPS) is 10.3. The van der Waals surface area contributed by atoms with Gasteiger partial charge in [-0.3, -0.25) is 0 Å². The molecule has 2 aromatic rings. The highest BCUT2D eigenvalue weighted by Gasteiger charge is 1.97. The summed E-state index contributed by atoms with van der Waals surface area (Å²) < 4.78 is 19.1. The second-order valence-electron chi connectivity index (χ2n) is 2.95. The second kappa shape index (κ2) is 5.86. The zero-order valence-electron chi connectivity index (χ0n) is 8.43. The number of ether oxygens (including phenoxy) is 1. The maximum atomic E-state index is 12.6. The maximum absolute atomic E-state index is 12.6. The Morgan fingerprint density at radius 1 is 1.31 bits per heavy atom. The molecule has 2 nitrogen and oxygen atoms in total. The molecule has 0 aliphatic carbocycles. The molecule has 0 aliphatic heterocycles. The number of hydrogen-bond acceptors (Lipinski definition) is 4. The molecule has 84 valence electrons. The molecule has 5 heteroatoms. The van der Waals surface area contributed by atoms with Crippen molar-refractivity contribution in [2.24, 2.45) is 0 Å².